The van der Waals surface area contributed by atoms with Gasteiger partial charge in [0.1, 0.15) is 11.5 Å². The Labute approximate surface area is 194 Å². The molecule has 0 spiro atoms. The summed E-state index contributed by atoms with van der Waals surface area (Å²) in [6.07, 6.45) is 3.44. The molecule has 1 heterocycles. The summed E-state index contributed by atoms with van der Waals surface area (Å²) in [5, 5.41) is 0. The average molecular weight is 469 g/mol. The van der Waals surface area contributed by atoms with Crippen LogP contribution in [-0.2, 0) is 10.0 Å². The first kappa shape index (κ1) is 22.9. The number of nitrogens with zero attached hydrogens (tertiary/aromatic N) is 1. The third kappa shape index (κ3) is 5.06. The van der Waals surface area contributed by atoms with Gasteiger partial charge in [0.2, 0.25) is 0 Å². The monoisotopic (exact) mass is 468 g/mol. The van der Waals surface area contributed by atoms with E-state index in [0.29, 0.717) is 34.9 Å². The van der Waals surface area contributed by atoms with Gasteiger partial charge in [-0.1, -0.05) is 6.07 Å². The van der Waals surface area contributed by atoms with E-state index in [-0.39, 0.29) is 22.9 Å². The zero-order chi connectivity index (χ0) is 23.6. The van der Waals surface area contributed by atoms with E-state index >= 15 is 0 Å². The van der Waals surface area contributed by atoms with Crippen molar-refractivity contribution >= 4 is 21.6 Å². The van der Waals surface area contributed by atoms with E-state index in [1.165, 1.54) is 6.07 Å². The molecule has 1 saturated carbocycles. The van der Waals surface area contributed by atoms with Gasteiger partial charge in [-0.3, -0.25) is 9.52 Å². The first-order valence-corrected chi connectivity index (χ1v) is 12.5. The van der Waals surface area contributed by atoms with Crippen molar-refractivity contribution < 1.29 is 22.4 Å². The van der Waals surface area contributed by atoms with Crippen molar-refractivity contribution in [3.8, 4) is 5.75 Å². The van der Waals surface area contributed by atoms with Crippen molar-refractivity contribution in [2.45, 2.75) is 50.6 Å². The van der Waals surface area contributed by atoms with E-state index in [9.17, 15) is 13.2 Å². The van der Waals surface area contributed by atoms with Crippen LogP contribution in [0.15, 0.2) is 70.2 Å². The molecule has 33 heavy (non-hydrogen) atoms. The van der Waals surface area contributed by atoms with Crippen LogP contribution in [0.2, 0.25) is 0 Å². The van der Waals surface area contributed by atoms with Crippen LogP contribution >= 0.6 is 0 Å². The lowest BCUT2D eigenvalue weighted by Crippen LogP contribution is -2.35. The normalized spacial score (nSPS) is 14.5. The molecule has 1 amide bonds. The zero-order valence-electron chi connectivity index (χ0n) is 18.9. The Morgan fingerprint density at radius 2 is 1.91 bits per heavy atom. The van der Waals surface area contributed by atoms with Crippen molar-refractivity contribution in [1.82, 2.24) is 4.90 Å². The minimum Gasteiger partial charge on any atom is -0.494 e. The number of amides is 1. The molecule has 2 aromatic carbocycles. The van der Waals surface area contributed by atoms with Crippen LogP contribution in [0, 0.1) is 6.92 Å². The molecule has 0 radical (unpaired) electrons. The SMILES string of the molecule is CCOc1ccc(NS(=O)(=O)c2cc(C(=O)N(C3CC3)C(C)c3ccco3)ccc2C)cc1. The second-order valence-corrected chi connectivity index (χ2v) is 9.83. The molecule has 7 nitrogen and oxygen atoms in total. The summed E-state index contributed by atoms with van der Waals surface area (Å²) in [6, 6.07) is 15.0. The highest BCUT2D eigenvalue weighted by Gasteiger charge is 2.38. The van der Waals surface area contributed by atoms with E-state index in [0.717, 1.165) is 12.8 Å². The molecule has 3 aromatic rings. The Kier molecular flexibility index (Phi) is 6.47. The molecule has 1 atom stereocenters. The van der Waals surface area contributed by atoms with Crippen LogP contribution in [0.1, 0.15) is 54.4 Å². The maximum Gasteiger partial charge on any atom is 0.262 e. The van der Waals surface area contributed by atoms with Gasteiger partial charge in [-0.05, 0) is 87.7 Å². The fourth-order valence-corrected chi connectivity index (χ4v) is 5.17. The number of nitrogens with one attached hydrogen (secondary N) is 1. The number of furan rings is 1. The number of hydrogen-bond donors (Lipinski definition) is 1. The molecule has 0 aliphatic heterocycles. The third-order valence-corrected chi connectivity index (χ3v) is 7.21. The lowest BCUT2D eigenvalue weighted by molar-refractivity contribution is 0.0652. The number of benzene rings is 2. The second kappa shape index (κ2) is 9.31. The van der Waals surface area contributed by atoms with E-state index in [4.69, 9.17) is 9.15 Å². The van der Waals surface area contributed by atoms with Crippen molar-refractivity contribution in [3.05, 3.63) is 77.7 Å². The quantitative estimate of drug-likeness (QED) is 0.469. The molecule has 0 bridgehead atoms. The van der Waals surface area contributed by atoms with Gasteiger partial charge in [0.25, 0.3) is 15.9 Å². The standard InChI is InChI=1S/C25H28N2O5S/c1-4-31-22-13-9-20(10-14-22)26-33(29,30)24-16-19(8-7-17(24)2)25(28)27(21-11-12-21)18(3)23-6-5-15-32-23/h5-10,13-16,18,21,26H,4,11-12H2,1-3H3. The summed E-state index contributed by atoms with van der Waals surface area (Å²) in [7, 11) is -3.90. The number of aryl methyl sites for hydroxylation is 1. The van der Waals surface area contributed by atoms with E-state index in [1.54, 1.807) is 60.6 Å². The Bertz CT molecular complexity index is 1220. The molecule has 1 aliphatic rings. The summed E-state index contributed by atoms with van der Waals surface area (Å²) in [5.41, 5.74) is 1.31. The molecule has 4 rings (SSSR count). The highest BCUT2D eigenvalue weighted by molar-refractivity contribution is 7.92. The van der Waals surface area contributed by atoms with Gasteiger partial charge in [0, 0.05) is 17.3 Å². The van der Waals surface area contributed by atoms with Gasteiger partial charge in [-0.2, -0.15) is 0 Å². The van der Waals surface area contributed by atoms with E-state index in [1.807, 2.05) is 19.9 Å². The Hall–Kier alpha value is -3.26. The highest BCUT2D eigenvalue weighted by Crippen LogP contribution is 2.36. The number of rotatable bonds is 9. The smallest absolute Gasteiger partial charge is 0.262 e. The minimum atomic E-state index is -3.90. The Morgan fingerprint density at radius 3 is 2.52 bits per heavy atom. The van der Waals surface area contributed by atoms with Gasteiger partial charge in [0.15, 0.2) is 0 Å². The third-order valence-electron chi connectivity index (χ3n) is 5.69. The Balaban J connectivity index is 1.60. The number of ether oxygens (including phenoxy) is 1. The topological polar surface area (TPSA) is 88.8 Å². The molecular formula is C25H28N2O5S. The van der Waals surface area contributed by atoms with Crippen molar-refractivity contribution in [3.63, 3.8) is 0 Å². The van der Waals surface area contributed by atoms with Crippen LogP contribution < -0.4 is 9.46 Å². The number of hydrogen-bond acceptors (Lipinski definition) is 5. The van der Waals surface area contributed by atoms with Crippen LogP contribution in [-0.4, -0.2) is 31.9 Å². The molecule has 1 N–H and O–H groups in total. The fraction of sp³-hybridized carbons (Fsp3) is 0.320. The average Bonchev–Trinajstić information content (AvgIpc) is 3.46. The number of carbonyl (C=O) groups is 1. The zero-order valence-corrected chi connectivity index (χ0v) is 19.8. The Morgan fingerprint density at radius 1 is 1.18 bits per heavy atom. The molecule has 0 saturated heterocycles. The molecule has 1 aliphatic carbocycles. The van der Waals surface area contributed by atoms with Gasteiger partial charge < -0.3 is 14.1 Å². The molecular weight excluding hydrogens is 440 g/mol. The molecule has 8 heteroatoms. The number of sulfonamides is 1. The highest BCUT2D eigenvalue weighted by atomic mass is 32.2. The minimum absolute atomic E-state index is 0.0728. The van der Waals surface area contributed by atoms with E-state index < -0.39 is 10.0 Å². The fourth-order valence-electron chi connectivity index (χ4n) is 3.84. The van der Waals surface area contributed by atoms with Gasteiger partial charge >= 0.3 is 0 Å². The summed E-state index contributed by atoms with van der Waals surface area (Å²) >= 11 is 0. The summed E-state index contributed by atoms with van der Waals surface area (Å²) in [5.74, 6) is 1.15. The van der Waals surface area contributed by atoms with Crippen molar-refractivity contribution in [1.29, 1.82) is 0 Å². The van der Waals surface area contributed by atoms with Gasteiger partial charge in [-0.25, -0.2) is 8.42 Å². The summed E-state index contributed by atoms with van der Waals surface area (Å²) < 4.78 is 39.8. The largest absolute Gasteiger partial charge is 0.494 e. The summed E-state index contributed by atoms with van der Waals surface area (Å²) in [6.45, 7) is 6.05. The second-order valence-electron chi connectivity index (χ2n) is 8.18. The number of carbonyl (C=O) groups excluding carboxylic acids is 1. The van der Waals surface area contributed by atoms with Crippen LogP contribution in [0.3, 0.4) is 0 Å². The van der Waals surface area contributed by atoms with Gasteiger partial charge in [0.05, 0.1) is 23.8 Å². The van der Waals surface area contributed by atoms with E-state index in [2.05, 4.69) is 4.72 Å². The van der Waals surface area contributed by atoms with Crippen LogP contribution in [0.4, 0.5) is 5.69 Å². The molecule has 174 valence electrons. The molecule has 1 aromatic heterocycles. The maximum atomic E-state index is 13.5. The first-order chi connectivity index (χ1) is 15.8. The summed E-state index contributed by atoms with van der Waals surface area (Å²) in [4.78, 5) is 15.3. The van der Waals surface area contributed by atoms with Crippen molar-refractivity contribution in [2.75, 3.05) is 11.3 Å². The molecule has 1 unspecified atom stereocenters. The number of anilines is 1. The molecule has 1 fully saturated rings. The lowest BCUT2D eigenvalue weighted by Gasteiger charge is -2.28. The van der Waals surface area contributed by atoms with Gasteiger partial charge in [-0.15, -0.1) is 0 Å². The van der Waals surface area contributed by atoms with Crippen LogP contribution in [0.5, 0.6) is 5.75 Å². The van der Waals surface area contributed by atoms with Crippen LogP contribution in [0.25, 0.3) is 0 Å². The first-order valence-electron chi connectivity index (χ1n) is 11.0. The van der Waals surface area contributed by atoms with Crippen molar-refractivity contribution in [2.24, 2.45) is 0 Å². The lowest BCUT2D eigenvalue weighted by atomic mass is 10.1. The maximum absolute atomic E-state index is 13.5. The predicted molar refractivity (Wildman–Crippen MR) is 126 cm³/mol. The predicted octanol–water partition coefficient (Wildman–Crippen LogP) is 5.15.